The summed E-state index contributed by atoms with van der Waals surface area (Å²) in [6.45, 7) is 0. The van der Waals surface area contributed by atoms with Gasteiger partial charge in [-0.15, -0.1) is 0 Å². The number of carbonyl (C=O) groups is 2. The largest absolute Gasteiger partial charge is 0.495 e. The number of thioether (sulfide) groups is 1. The lowest BCUT2D eigenvalue weighted by molar-refractivity contribution is -0.124. The Kier molecular flexibility index (Phi) is 6.08. The van der Waals surface area contributed by atoms with E-state index in [-0.39, 0.29) is 17.6 Å². The SMILES string of the molecule is COc1ccc(Cl)cc1NC(=O)CSC1=Nc2ccccc2C2=N[C@H](c3ccccc3)C(=O)N12. The van der Waals surface area contributed by atoms with Crippen molar-refractivity contribution >= 4 is 57.6 Å². The van der Waals surface area contributed by atoms with E-state index in [2.05, 4.69) is 10.3 Å². The molecule has 5 rings (SSSR count). The van der Waals surface area contributed by atoms with Crippen LogP contribution in [-0.2, 0) is 9.59 Å². The third-order valence-electron chi connectivity index (χ3n) is 5.35. The van der Waals surface area contributed by atoms with Crippen molar-refractivity contribution in [3.8, 4) is 5.75 Å². The zero-order valence-electron chi connectivity index (χ0n) is 18.1. The Labute approximate surface area is 205 Å². The Morgan fingerprint density at radius 3 is 2.68 bits per heavy atom. The Morgan fingerprint density at radius 2 is 1.88 bits per heavy atom. The maximum absolute atomic E-state index is 13.4. The number of anilines is 1. The van der Waals surface area contributed by atoms with Crippen LogP contribution in [0, 0.1) is 0 Å². The molecule has 3 aromatic carbocycles. The smallest absolute Gasteiger partial charge is 0.263 e. The van der Waals surface area contributed by atoms with Crippen molar-refractivity contribution in [2.24, 2.45) is 9.98 Å². The minimum atomic E-state index is -0.655. The van der Waals surface area contributed by atoms with Gasteiger partial charge in [0.15, 0.2) is 11.2 Å². The lowest BCUT2D eigenvalue weighted by Gasteiger charge is -2.25. The van der Waals surface area contributed by atoms with E-state index < -0.39 is 6.04 Å². The second-order valence-corrected chi connectivity index (χ2v) is 8.91. The van der Waals surface area contributed by atoms with Crippen molar-refractivity contribution < 1.29 is 14.3 Å². The molecule has 2 heterocycles. The average molecular weight is 491 g/mol. The van der Waals surface area contributed by atoms with Crippen LogP contribution in [0.3, 0.4) is 0 Å². The maximum atomic E-state index is 13.4. The zero-order valence-corrected chi connectivity index (χ0v) is 19.6. The molecule has 1 atom stereocenters. The van der Waals surface area contributed by atoms with Crippen LogP contribution in [0.5, 0.6) is 5.75 Å². The minimum Gasteiger partial charge on any atom is -0.495 e. The van der Waals surface area contributed by atoms with Gasteiger partial charge < -0.3 is 10.1 Å². The summed E-state index contributed by atoms with van der Waals surface area (Å²) in [5.74, 6) is 0.602. The number of methoxy groups -OCH3 is 1. The highest BCUT2D eigenvalue weighted by Gasteiger charge is 2.42. The fraction of sp³-hybridized carbons (Fsp3) is 0.120. The monoisotopic (exact) mass is 490 g/mol. The number of hydrogen-bond acceptors (Lipinski definition) is 6. The molecule has 1 N–H and O–H groups in total. The van der Waals surface area contributed by atoms with Crippen molar-refractivity contribution in [2.75, 3.05) is 18.2 Å². The fourth-order valence-electron chi connectivity index (χ4n) is 3.79. The van der Waals surface area contributed by atoms with Gasteiger partial charge in [-0.2, -0.15) is 0 Å². The van der Waals surface area contributed by atoms with Crippen LogP contribution >= 0.6 is 23.4 Å². The fourth-order valence-corrected chi connectivity index (χ4v) is 4.77. The van der Waals surface area contributed by atoms with Gasteiger partial charge >= 0.3 is 0 Å². The van der Waals surface area contributed by atoms with E-state index in [1.165, 1.54) is 23.8 Å². The Balaban J connectivity index is 1.40. The third kappa shape index (κ3) is 4.18. The molecule has 0 saturated carbocycles. The van der Waals surface area contributed by atoms with Crippen LogP contribution in [0.15, 0.2) is 82.8 Å². The molecule has 0 aliphatic carbocycles. The first kappa shape index (κ1) is 22.2. The number of carbonyl (C=O) groups excluding carboxylic acids is 2. The molecule has 0 aromatic heterocycles. The van der Waals surface area contributed by atoms with Gasteiger partial charge in [-0.3, -0.25) is 9.59 Å². The quantitative estimate of drug-likeness (QED) is 0.542. The lowest BCUT2D eigenvalue weighted by atomic mass is 10.1. The Bertz CT molecular complexity index is 1340. The topological polar surface area (TPSA) is 83.4 Å². The molecule has 170 valence electrons. The number of benzene rings is 3. The normalized spacial score (nSPS) is 16.4. The maximum Gasteiger partial charge on any atom is 0.263 e. The molecule has 0 bridgehead atoms. The van der Waals surface area contributed by atoms with E-state index >= 15 is 0 Å². The molecule has 2 amide bonds. The Hall–Kier alpha value is -3.62. The second-order valence-electron chi connectivity index (χ2n) is 7.53. The number of halogens is 1. The van der Waals surface area contributed by atoms with Gasteiger partial charge in [-0.25, -0.2) is 14.9 Å². The number of para-hydroxylation sites is 1. The standard InChI is InChI=1S/C25H19ClN4O3S/c1-33-20-12-11-16(26)13-19(20)27-21(31)14-34-25-28-18-10-6-5-9-17(18)23-29-22(24(32)30(23)25)15-7-3-2-4-8-15/h2-13,22H,14H2,1H3,(H,27,31)/t22-/m1/s1. The molecule has 2 aliphatic rings. The summed E-state index contributed by atoms with van der Waals surface area (Å²) in [5, 5.41) is 3.70. The Morgan fingerprint density at radius 1 is 1.12 bits per heavy atom. The van der Waals surface area contributed by atoms with Gasteiger partial charge in [0.05, 0.1) is 24.2 Å². The predicted octanol–water partition coefficient (Wildman–Crippen LogP) is 5.05. The van der Waals surface area contributed by atoms with Crippen LogP contribution in [0.4, 0.5) is 11.4 Å². The predicted molar refractivity (Wildman–Crippen MR) is 135 cm³/mol. The molecule has 34 heavy (non-hydrogen) atoms. The van der Waals surface area contributed by atoms with E-state index in [0.29, 0.717) is 33.2 Å². The van der Waals surface area contributed by atoms with Crippen LogP contribution < -0.4 is 10.1 Å². The molecule has 0 fully saturated rings. The van der Waals surface area contributed by atoms with E-state index in [1.54, 1.807) is 18.2 Å². The molecule has 0 radical (unpaired) electrons. The summed E-state index contributed by atoms with van der Waals surface area (Å²) in [6, 6.07) is 21.3. The number of aliphatic imine (C=N–C) groups is 2. The summed E-state index contributed by atoms with van der Waals surface area (Å²) in [5.41, 5.74) is 2.77. The molecule has 9 heteroatoms. The van der Waals surface area contributed by atoms with Gasteiger partial charge in [-0.1, -0.05) is 65.8 Å². The molecule has 7 nitrogen and oxygen atoms in total. The number of hydrogen-bond donors (Lipinski definition) is 1. The lowest BCUT2D eigenvalue weighted by Crippen LogP contribution is -2.40. The zero-order chi connectivity index (χ0) is 23.7. The summed E-state index contributed by atoms with van der Waals surface area (Å²) in [4.78, 5) is 37.1. The van der Waals surface area contributed by atoms with Crippen LogP contribution in [0.1, 0.15) is 17.2 Å². The minimum absolute atomic E-state index is 0.0315. The van der Waals surface area contributed by atoms with Gasteiger partial charge in [0.2, 0.25) is 5.91 Å². The molecule has 0 unspecified atom stereocenters. The van der Waals surface area contributed by atoms with E-state index in [0.717, 1.165) is 11.1 Å². The average Bonchev–Trinajstić information content (AvgIpc) is 3.21. The summed E-state index contributed by atoms with van der Waals surface area (Å²) < 4.78 is 5.29. The van der Waals surface area contributed by atoms with Crippen molar-refractivity contribution in [1.82, 2.24) is 4.90 Å². The number of nitrogens with one attached hydrogen (secondary N) is 1. The molecular weight excluding hydrogens is 472 g/mol. The number of amides is 2. The van der Waals surface area contributed by atoms with Crippen molar-refractivity contribution in [3.63, 3.8) is 0 Å². The van der Waals surface area contributed by atoms with Crippen LogP contribution in [0.2, 0.25) is 5.02 Å². The van der Waals surface area contributed by atoms with Crippen molar-refractivity contribution in [2.45, 2.75) is 6.04 Å². The van der Waals surface area contributed by atoms with Crippen LogP contribution in [-0.4, -0.2) is 40.6 Å². The van der Waals surface area contributed by atoms with Crippen molar-refractivity contribution in [1.29, 1.82) is 0 Å². The van der Waals surface area contributed by atoms with Gasteiger partial charge in [0.1, 0.15) is 11.6 Å². The molecule has 3 aromatic rings. The van der Waals surface area contributed by atoms with E-state index in [1.807, 2.05) is 54.6 Å². The number of rotatable bonds is 5. The van der Waals surface area contributed by atoms with Crippen LogP contribution in [0.25, 0.3) is 0 Å². The third-order valence-corrected chi connectivity index (χ3v) is 6.53. The number of nitrogens with zero attached hydrogens (tertiary/aromatic N) is 3. The van der Waals surface area contributed by atoms with Gasteiger partial charge in [-0.05, 0) is 35.9 Å². The van der Waals surface area contributed by atoms with E-state index in [4.69, 9.17) is 21.3 Å². The highest BCUT2D eigenvalue weighted by atomic mass is 35.5. The first-order valence-corrected chi connectivity index (χ1v) is 11.8. The first-order valence-electron chi connectivity index (χ1n) is 10.5. The summed E-state index contributed by atoms with van der Waals surface area (Å²) in [7, 11) is 1.52. The summed E-state index contributed by atoms with van der Waals surface area (Å²) in [6.07, 6.45) is 0. The van der Waals surface area contributed by atoms with Crippen molar-refractivity contribution in [3.05, 3.63) is 88.9 Å². The first-order chi connectivity index (χ1) is 16.5. The summed E-state index contributed by atoms with van der Waals surface area (Å²) >= 11 is 7.23. The highest BCUT2D eigenvalue weighted by Crippen LogP contribution is 2.37. The van der Waals surface area contributed by atoms with E-state index in [9.17, 15) is 9.59 Å². The molecule has 0 saturated heterocycles. The van der Waals surface area contributed by atoms with Gasteiger partial charge in [0, 0.05) is 10.6 Å². The molecule has 2 aliphatic heterocycles. The molecule has 0 spiro atoms. The second kappa shape index (κ2) is 9.32. The highest BCUT2D eigenvalue weighted by molar-refractivity contribution is 8.14. The number of ether oxygens (including phenoxy) is 1. The number of amidine groups is 2. The molecular formula is C25H19ClN4O3S. The number of fused-ring (bicyclic) bond motifs is 3. The van der Waals surface area contributed by atoms with Gasteiger partial charge in [0.25, 0.3) is 5.91 Å².